The Hall–Kier alpha value is -1.18. The summed E-state index contributed by atoms with van der Waals surface area (Å²) >= 11 is 0. The highest BCUT2D eigenvalue weighted by atomic mass is 16.5. The average Bonchev–Trinajstić information content (AvgIpc) is 2.96. The molecular weight excluding hydrogens is 286 g/mol. The van der Waals surface area contributed by atoms with Crippen molar-refractivity contribution in [1.29, 1.82) is 0 Å². The second-order valence-electron chi connectivity index (χ2n) is 6.35. The van der Waals surface area contributed by atoms with Gasteiger partial charge in [-0.3, -0.25) is 14.5 Å². The molecule has 3 fully saturated rings. The van der Waals surface area contributed by atoms with Gasteiger partial charge < -0.3 is 20.1 Å². The number of carbonyl (C=O) groups excluding carboxylic acids is 2. The quantitative estimate of drug-likeness (QED) is 0.715. The largest absolute Gasteiger partial charge is 0.381 e. The number of rotatable bonds is 4. The summed E-state index contributed by atoms with van der Waals surface area (Å²) in [7, 11) is 1.63. The van der Waals surface area contributed by atoms with Gasteiger partial charge in [0.05, 0.1) is 19.3 Å². The highest BCUT2D eigenvalue weighted by molar-refractivity contribution is 5.89. The van der Waals surface area contributed by atoms with Gasteiger partial charge >= 0.3 is 0 Å². The molecular formula is C15H25N3O4. The van der Waals surface area contributed by atoms with Crippen molar-refractivity contribution < 1.29 is 19.1 Å². The Labute approximate surface area is 130 Å². The summed E-state index contributed by atoms with van der Waals surface area (Å²) in [5.41, 5.74) is -0.664. The highest BCUT2D eigenvalue weighted by Crippen LogP contribution is 2.33. The molecule has 22 heavy (non-hydrogen) atoms. The Balaban J connectivity index is 1.67. The molecule has 0 aromatic rings. The van der Waals surface area contributed by atoms with E-state index in [1.54, 1.807) is 7.05 Å². The van der Waals surface area contributed by atoms with Gasteiger partial charge in [-0.1, -0.05) is 0 Å². The fraction of sp³-hybridized carbons (Fsp3) is 0.867. The monoisotopic (exact) mass is 311 g/mol. The Kier molecular flexibility index (Phi) is 4.65. The minimum absolute atomic E-state index is 0.0413. The number of carbonyl (C=O) groups is 2. The van der Waals surface area contributed by atoms with Crippen molar-refractivity contribution in [2.45, 2.75) is 43.3 Å². The van der Waals surface area contributed by atoms with Crippen molar-refractivity contribution in [2.24, 2.45) is 0 Å². The van der Waals surface area contributed by atoms with Gasteiger partial charge in [0, 0.05) is 32.8 Å². The van der Waals surface area contributed by atoms with Crippen LogP contribution in [-0.4, -0.2) is 74.4 Å². The molecule has 3 aliphatic rings. The Morgan fingerprint density at radius 3 is 2.45 bits per heavy atom. The maximum absolute atomic E-state index is 12.7. The molecule has 7 heteroatoms. The van der Waals surface area contributed by atoms with Crippen molar-refractivity contribution in [3.8, 4) is 0 Å². The topological polar surface area (TPSA) is 79.9 Å². The number of likely N-dealkylation sites (tertiary alicyclic amines) is 1. The van der Waals surface area contributed by atoms with Gasteiger partial charge in [-0.2, -0.15) is 0 Å². The van der Waals surface area contributed by atoms with Crippen LogP contribution in [0.1, 0.15) is 25.7 Å². The molecule has 0 saturated carbocycles. The number of nitrogens with zero attached hydrogens (tertiary/aromatic N) is 1. The minimum Gasteiger partial charge on any atom is -0.381 e. The number of hydrogen-bond donors (Lipinski definition) is 2. The second-order valence-corrected chi connectivity index (χ2v) is 6.35. The van der Waals surface area contributed by atoms with E-state index in [-0.39, 0.29) is 23.9 Å². The van der Waals surface area contributed by atoms with Crippen LogP contribution < -0.4 is 10.6 Å². The summed E-state index contributed by atoms with van der Waals surface area (Å²) in [6.45, 7) is 2.91. The van der Waals surface area contributed by atoms with Crippen LogP contribution >= 0.6 is 0 Å². The smallest absolute Gasteiger partial charge is 0.245 e. The van der Waals surface area contributed by atoms with Gasteiger partial charge in [0.1, 0.15) is 5.54 Å². The zero-order valence-electron chi connectivity index (χ0n) is 13.1. The maximum atomic E-state index is 12.7. The summed E-state index contributed by atoms with van der Waals surface area (Å²) in [5.74, 6) is -0.0101. The third kappa shape index (κ3) is 2.73. The summed E-state index contributed by atoms with van der Waals surface area (Å²) in [5, 5.41) is 5.85. The lowest BCUT2D eigenvalue weighted by Crippen LogP contribution is -2.71. The van der Waals surface area contributed by atoms with E-state index in [1.807, 2.05) is 4.90 Å². The molecule has 0 aromatic carbocycles. The fourth-order valence-electron chi connectivity index (χ4n) is 3.65. The summed E-state index contributed by atoms with van der Waals surface area (Å²) < 4.78 is 10.6. The van der Waals surface area contributed by atoms with Crippen LogP contribution in [0.2, 0.25) is 0 Å². The van der Waals surface area contributed by atoms with Gasteiger partial charge in [-0.15, -0.1) is 0 Å². The number of likely N-dealkylation sites (N-methyl/N-ethyl adjacent to an activating group) is 1. The van der Waals surface area contributed by atoms with E-state index >= 15 is 0 Å². The fourth-order valence-corrected chi connectivity index (χ4v) is 3.65. The molecule has 3 saturated heterocycles. The predicted octanol–water partition coefficient (Wildman–Crippen LogP) is -0.739. The number of ether oxygens (including phenoxy) is 2. The van der Waals surface area contributed by atoms with E-state index in [0.717, 1.165) is 32.2 Å². The zero-order valence-corrected chi connectivity index (χ0v) is 13.1. The van der Waals surface area contributed by atoms with E-state index in [0.29, 0.717) is 26.4 Å². The minimum atomic E-state index is -0.664. The van der Waals surface area contributed by atoms with E-state index in [1.165, 1.54) is 0 Å². The lowest BCUT2D eigenvalue weighted by Gasteiger charge is -2.48. The molecule has 3 rings (SSSR count). The normalized spacial score (nSPS) is 28.9. The van der Waals surface area contributed by atoms with Crippen molar-refractivity contribution in [3.63, 3.8) is 0 Å². The van der Waals surface area contributed by atoms with Crippen LogP contribution in [0, 0.1) is 0 Å². The second kappa shape index (κ2) is 6.52. The van der Waals surface area contributed by atoms with Crippen molar-refractivity contribution in [3.05, 3.63) is 0 Å². The molecule has 7 nitrogen and oxygen atoms in total. The first kappa shape index (κ1) is 15.7. The van der Waals surface area contributed by atoms with Crippen LogP contribution in [0.15, 0.2) is 0 Å². The molecule has 0 unspecified atom stereocenters. The summed E-state index contributed by atoms with van der Waals surface area (Å²) in [4.78, 5) is 27.0. The maximum Gasteiger partial charge on any atom is 0.245 e. The van der Waals surface area contributed by atoms with Crippen molar-refractivity contribution >= 4 is 11.8 Å². The molecule has 124 valence electrons. The van der Waals surface area contributed by atoms with Gasteiger partial charge in [0.25, 0.3) is 0 Å². The molecule has 1 atom stereocenters. The molecule has 2 N–H and O–H groups in total. The molecule has 0 aromatic heterocycles. The Bertz CT molecular complexity index is 433. The first-order valence-electron chi connectivity index (χ1n) is 8.12. The Morgan fingerprint density at radius 1 is 1.14 bits per heavy atom. The van der Waals surface area contributed by atoms with Crippen LogP contribution in [-0.2, 0) is 19.1 Å². The average molecular weight is 311 g/mol. The van der Waals surface area contributed by atoms with E-state index in [4.69, 9.17) is 9.47 Å². The summed E-state index contributed by atoms with van der Waals surface area (Å²) in [6, 6.07) is -0.0404. The molecule has 0 spiro atoms. The van der Waals surface area contributed by atoms with Crippen molar-refractivity contribution in [1.82, 2.24) is 15.5 Å². The molecule has 0 bridgehead atoms. The Morgan fingerprint density at radius 2 is 1.86 bits per heavy atom. The lowest BCUT2D eigenvalue weighted by molar-refractivity contribution is -0.174. The number of hydrogen-bond acceptors (Lipinski definition) is 5. The lowest BCUT2D eigenvalue weighted by atomic mass is 9.92. The van der Waals surface area contributed by atoms with Crippen LogP contribution in [0.5, 0.6) is 0 Å². The third-order valence-corrected chi connectivity index (χ3v) is 5.00. The summed E-state index contributed by atoms with van der Waals surface area (Å²) in [6.07, 6.45) is 3.46. The third-order valence-electron chi connectivity index (χ3n) is 5.00. The molecule has 3 aliphatic heterocycles. The highest BCUT2D eigenvalue weighted by Gasteiger charge is 2.55. The van der Waals surface area contributed by atoms with Gasteiger partial charge in [0.15, 0.2) is 0 Å². The zero-order chi connectivity index (χ0) is 15.6. The first-order valence-corrected chi connectivity index (χ1v) is 8.12. The molecule has 3 heterocycles. The first-order chi connectivity index (χ1) is 10.7. The van der Waals surface area contributed by atoms with Crippen LogP contribution in [0.3, 0.4) is 0 Å². The van der Waals surface area contributed by atoms with Crippen molar-refractivity contribution in [2.75, 3.05) is 40.0 Å². The van der Waals surface area contributed by atoms with E-state index in [9.17, 15) is 9.59 Å². The SMILES string of the molecule is CNC(=O)C1(N2CCC[C@H]2C(=O)NC2CCOCC2)COC1. The van der Waals surface area contributed by atoms with Gasteiger partial charge in [-0.25, -0.2) is 0 Å². The van der Waals surface area contributed by atoms with Crippen LogP contribution in [0.25, 0.3) is 0 Å². The molecule has 0 aliphatic carbocycles. The van der Waals surface area contributed by atoms with Gasteiger partial charge in [-0.05, 0) is 25.7 Å². The van der Waals surface area contributed by atoms with Gasteiger partial charge in [0.2, 0.25) is 11.8 Å². The standard InChI is InChI=1S/C15H25N3O4/c1-16-14(20)15(9-22-10-15)18-6-2-3-12(18)13(19)17-11-4-7-21-8-5-11/h11-12H,2-10H2,1H3,(H,16,20)(H,17,19)/t12-/m0/s1. The predicted molar refractivity (Wildman–Crippen MR) is 79.3 cm³/mol. The number of amides is 2. The van der Waals surface area contributed by atoms with E-state index < -0.39 is 5.54 Å². The molecule has 0 radical (unpaired) electrons. The number of nitrogens with one attached hydrogen (secondary N) is 2. The molecule has 2 amide bonds. The van der Waals surface area contributed by atoms with E-state index in [2.05, 4.69) is 10.6 Å². The van der Waals surface area contributed by atoms with Crippen LogP contribution in [0.4, 0.5) is 0 Å².